The molecule has 1 aliphatic rings. The molecule has 0 aliphatic carbocycles. The monoisotopic (exact) mass is 318 g/mol. The fraction of sp³-hybridized carbons (Fsp3) is 0.438. The van der Waals surface area contributed by atoms with Crippen molar-refractivity contribution in [1.29, 1.82) is 0 Å². The van der Waals surface area contributed by atoms with E-state index in [9.17, 15) is 9.18 Å². The summed E-state index contributed by atoms with van der Waals surface area (Å²) >= 11 is 0. The summed E-state index contributed by atoms with van der Waals surface area (Å²) < 4.78 is 18.4. The van der Waals surface area contributed by atoms with Crippen LogP contribution in [0, 0.1) is 12.7 Å². The lowest BCUT2D eigenvalue weighted by Gasteiger charge is -2.10. The Morgan fingerprint density at radius 3 is 3.13 bits per heavy atom. The molecular formula is C16H19FN4O2. The average molecular weight is 318 g/mol. The predicted molar refractivity (Wildman–Crippen MR) is 82.2 cm³/mol. The van der Waals surface area contributed by atoms with Gasteiger partial charge in [0.05, 0.1) is 0 Å². The van der Waals surface area contributed by atoms with Crippen molar-refractivity contribution >= 4 is 5.91 Å². The van der Waals surface area contributed by atoms with Crippen LogP contribution in [-0.4, -0.2) is 35.2 Å². The van der Waals surface area contributed by atoms with E-state index in [-0.39, 0.29) is 17.8 Å². The number of aromatic nitrogens is 2. The highest BCUT2D eigenvalue weighted by Gasteiger charge is 2.17. The van der Waals surface area contributed by atoms with Gasteiger partial charge < -0.3 is 15.2 Å². The van der Waals surface area contributed by atoms with Gasteiger partial charge in [-0.05, 0) is 43.7 Å². The van der Waals surface area contributed by atoms with Gasteiger partial charge >= 0.3 is 0 Å². The quantitative estimate of drug-likeness (QED) is 0.875. The van der Waals surface area contributed by atoms with Crippen LogP contribution in [0.4, 0.5) is 4.39 Å². The van der Waals surface area contributed by atoms with E-state index in [1.807, 2.05) is 0 Å². The molecule has 1 saturated heterocycles. The molecule has 1 aromatic carbocycles. The summed E-state index contributed by atoms with van der Waals surface area (Å²) in [7, 11) is 0. The number of nitrogens with one attached hydrogen (secondary N) is 2. The van der Waals surface area contributed by atoms with Crippen LogP contribution in [-0.2, 0) is 11.2 Å². The summed E-state index contributed by atoms with van der Waals surface area (Å²) in [6, 6.07) is 4.87. The molecule has 0 bridgehead atoms. The second-order valence-electron chi connectivity index (χ2n) is 5.73. The maximum absolute atomic E-state index is 13.3. The molecule has 1 aromatic heterocycles. The number of hydrogen-bond donors (Lipinski definition) is 2. The standard InChI is InChI=1S/C16H19FN4O2/c1-10-8-11(2-3-13(10)17)16-20-15(23-21-16)5-4-14(22)19-12-6-7-18-9-12/h2-3,8,12,18H,4-7,9H2,1H3,(H,19,22). The van der Waals surface area contributed by atoms with E-state index in [4.69, 9.17) is 4.52 Å². The van der Waals surface area contributed by atoms with Crippen LogP contribution in [0.2, 0.25) is 0 Å². The molecule has 0 saturated carbocycles. The molecule has 1 aliphatic heterocycles. The van der Waals surface area contributed by atoms with Crippen LogP contribution in [0.25, 0.3) is 11.4 Å². The number of aryl methyl sites for hydroxylation is 2. The van der Waals surface area contributed by atoms with Crippen molar-refractivity contribution in [3.05, 3.63) is 35.5 Å². The smallest absolute Gasteiger partial charge is 0.227 e. The normalized spacial score (nSPS) is 17.4. The van der Waals surface area contributed by atoms with E-state index in [0.29, 0.717) is 35.7 Å². The number of amides is 1. The second-order valence-corrected chi connectivity index (χ2v) is 5.73. The Morgan fingerprint density at radius 1 is 1.52 bits per heavy atom. The number of nitrogens with zero attached hydrogens (tertiary/aromatic N) is 2. The first kappa shape index (κ1) is 15.6. The van der Waals surface area contributed by atoms with Crippen molar-refractivity contribution in [3.63, 3.8) is 0 Å². The molecule has 6 nitrogen and oxygen atoms in total. The van der Waals surface area contributed by atoms with Crippen LogP contribution >= 0.6 is 0 Å². The number of halogens is 1. The van der Waals surface area contributed by atoms with E-state index >= 15 is 0 Å². The molecule has 1 unspecified atom stereocenters. The van der Waals surface area contributed by atoms with Gasteiger partial charge in [0.15, 0.2) is 0 Å². The van der Waals surface area contributed by atoms with Crippen molar-refractivity contribution in [1.82, 2.24) is 20.8 Å². The van der Waals surface area contributed by atoms with Gasteiger partial charge in [0.25, 0.3) is 0 Å². The Balaban J connectivity index is 1.56. The summed E-state index contributed by atoms with van der Waals surface area (Å²) in [6.45, 7) is 3.44. The summed E-state index contributed by atoms with van der Waals surface area (Å²) in [5.41, 5.74) is 1.22. The van der Waals surface area contributed by atoms with E-state index < -0.39 is 0 Å². The van der Waals surface area contributed by atoms with Crippen LogP contribution in [0.3, 0.4) is 0 Å². The molecular weight excluding hydrogens is 299 g/mol. The molecule has 2 heterocycles. The van der Waals surface area contributed by atoms with Gasteiger partial charge in [-0.2, -0.15) is 4.98 Å². The lowest BCUT2D eigenvalue weighted by Crippen LogP contribution is -2.36. The summed E-state index contributed by atoms with van der Waals surface area (Å²) in [6.07, 6.45) is 1.65. The molecule has 23 heavy (non-hydrogen) atoms. The Bertz CT molecular complexity index is 695. The van der Waals surface area contributed by atoms with Gasteiger partial charge in [0, 0.05) is 31.0 Å². The molecule has 1 amide bonds. The van der Waals surface area contributed by atoms with E-state index in [2.05, 4.69) is 20.8 Å². The number of carbonyl (C=O) groups is 1. The largest absolute Gasteiger partial charge is 0.352 e. The molecule has 2 N–H and O–H groups in total. The first-order valence-electron chi connectivity index (χ1n) is 7.71. The maximum atomic E-state index is 13.3. The van der Waals surface area contributed by atoms with Crippen LogP contribution in [0.15, 0.2) is 22.7 Å². The summed E-state index contributed by atoms with van der Waals surface area (Å²) in [5, 5.41) is 10.1. The molecule has 2 aromatic rings. The third-order valence-corrected chi connectivity index (χ3v) is 3.88. The molecule has 1 fully saturated rings. The third-order valence-electron chi connectivity index (χ3n) is 3.88. The molecule has 0 spiro atoms. The average Bonchev–Trinajstić information content (AvgIpc) is 3.19. The van der Waals surface area contributed by atoms with E-state index in [0.717, 1.165) is 19.5 Å². The highest BCUT2D eigenvalue weighted by molar-refractivity contribution is 5.76. The van der Waals surface area contributed by atoms with Crippen LogP contribution in [0.1, 0.15) is 24.3 Å². The summed E-state index contributed by atoms with van der Waals surface area (Å²) in [4.78, 5) is 16.1. The van der Waals surface area contributed by atoms with Crippen LogP contribution in [0.5, 0.6) is 0 Å². The van der Waals surface area contributed by atoms with E-state index in [1.54, 1.807) is 19.1 Å². The van der Waals surface area contributed by atoms with Crippen molar-refractivity contribution < 1.29 is 13.7 Å². The first-order chi connectivity index (χ1) is 11.1. The Hall–Kier alpha value is -2.28. The van der Waals surface area contributed by atoms with Crippen molar-refractivity contribution in [2.24, 2.45) is 0 Å². The number of hydrogen-bond acceptors (Lipinski definition) is 5. The number of rotatable bonds is 5. The fourth-order valence-corrected chi connectivity index (χ4v) is 2.56. The van der Waals surface area contributed by atoms with Gasteiger partial charge in [-0.25, -0.2) is 4.39 Å². The highest BCUT2D eigenvalue weighted by Crippen LogP contribution is 2.19. The SMILES string of the molecule is Cc1cc(-c2noc(CCC(=O)NC3CCNC3)n2)ccc1F. The molecule has 3 rings (SSSR count). The molecule has 1 atom stereocenters. The molecule has 7 heteroatoms. The predicted octanol–water partition coefficient (Wildman–Crippen LogP) is 1.59. The van der Waals surface area contributed by atoms with Crippen molar-refractivity contribution in [3.8, 4) is 11.4 Å². The van der Waals surface area contributed by atoms with Gasteiger partial charge in [0.1, 0.15) is 5.82 Å². The lowest BCUT2D eigenvalue weighted by molar-refractivity contribution is -0.121. The minimum Gasteiger partial charge on any atom is -0.352 e. The number of benzene rings is 1. The minimum absolute atomic E-state index is 0.0175. The lowest BCUT2D eigenvalue weighted by atomic mass is 10.1. The highest BCUT2D eigenvalue weighted by atomic mass is 19.1. The number of carbonyl (C=O) groups excluding carboxylic acids is 1. The molecule has 0 radical (unpaired) electrons. The first-order valence-corrected chi connectivity index (χ1v) is 7.71. The van der Waals surface area contributed by atoms with Gasteiger partial charge in [0.2, 0.25) is 17.6 Å². The van der Waals surface area contributed by atoms with Gasteiger partial charge in [-0.1, -0.05) is 5.16 Å². The van der Waals surface area contributed by atoms with Gasteiger partial charge in [-0.3, -0.25) is 4.79 Å². The zero-order chi connectivity index (χ0) is 16.2. The second kappa shape index (κ2) is 6.87. The Morgan fingerprint density at radius 2 is 2.39 bits per heavy atom. The Kier molecular flexibility index (Phi) is 4.66. The van der Waals surface area contributed by atoms with Gasteiger partial charge in [-0.15, -0.1) is 0 Å². The van der Waals surface area contributed by atoms with Crippen LogP contribution < -0.4 is 10.6 Å². The van der Waals surface area contributed by atoms with E-state index in [1.165, 1.54) is 6.07 Å². The topological polar surface area (TPSA) is 80.0 Å². The zero-order valence-electron chi connectivity index (χ0n) is 12.9. The van der Waals surface area contributed by atoms with Crippen molar-refractivity contribution in [2.75, 3.05) is 13.1 Å². The Labute approximate surface area is 133 Å². The minimum atomic E-state index is -0.268. The third kappa shape index (κ3) is 3.92. The maximum Gasteiger partial charge on any atom is 0.227 e. The van der Waals surface area contributed by atoms with Crippen molar-refractivity contribution in [2.45, 2.75) is 32.2 Å². The molecule has 122 valence electrons. The summed E-state index contributed by atoms with van der Waals surface area (Å²) in [5.74, 6) is 0.525. The fourth-order valence-electron chi connectivity index (χ4n) is 2.56. The zero-order valence-corrected chi connectivity index (χ0v) is 12.9.